The van der Waals surface area contributed by atoms with Crippen LogP contribution >= 0.6 is 11.6 Å². The number of rotatable bonds is 2. The van der Waals surface area contributed by atoms with Gasteiger partial charge in [0.15, 0.2) is 0 Å². The average Bonchev–Trinajstić information content (AvgIpc) is 2.29. The topological polar surface area (TPSA) is 29.1 Å². The molecule has 2 aromatic rings. The van der Waals surface area contributed by atoms with Gasteiger partial charge in [0.2, 0.25) is 0 Å². The van der Waals surface area contributed by atoms with Gasteiger partial charge >= 0.3 is 0 Å². The summed E-state index contributed by atoms with van der Waals surface area (Å²) in [4.78, 5) is 11.9. The van der Waals surface area contributed by atoms with Crippen LogP contribution in [0.15, 0.2) is 48.5 Å². The molecule has 0 aliphatic heterocycles. The summed E-state index contributed by atoms with van der Waals surface area (Å²) in [7, 11) is 0. The van der Waals surface area contributed by atoms with Gasteiger partial charge < -0.3 is 5.32 Å². The molecule has 0 atom stereocenters. The van der Waals surface area contributed by atoms with Crippen LogP contribution < -0.4 is 5.32 Å². The van der Waals surface area contributed by atoms with Crippen molar-refractivity contribution in [1.29, 1.82) is 0 Å². The van der Waals surface area contributed by atoms with E-state index in [0.29, 0.717) is 16.3 Å². The van der Waals surface area contributed by atoms with E-state index in [-0.39, 0.29) is 5.91 Å². The summed E-state index contributed by atoms with van der Waals surface area (Å²) in [6.07, 6.45) is 0. The molecule has 2 aromatic carbocycles. The molecule has 17 heavy (non-hydrogen) atoms. The molecule has 0 aromatic heterocycles. The molecule has 2 rings (SSSR count). The maximum absolute atomic E-state index is 11.9. The Labute approximate surface area is 105 Å². The van der Waals surface area contributed by atoms with Crippen LogP contribution in [0.25, 0.3) is 0 Å². The third kappa shape index (κ3) is 3.08. The molecule has 0 radical (unpaired) electrons. The first-order valence-electron chi connectivity index (χ1n) is 5.29. The van der Waals surface area contributed by atoms with Crippen LogP contribution in [0.4, 0.5) is 5.69 Å². The monoisotopic (exact) mass is 245 g/mol. The van der Waals surface area contributed by atoms with Crippen molar-refractivity contribution in [1.82, 2.24) is 0 Å². The SMILES string of the molecule is Cc1cccc(C(=O)Nc2cccc(Cl)c2)c1. The van der Waals surface area contributed by atoms with Gasteiger partial charge in [0.05, 0.1) is 0 Å². The predicted octanol–water partition coefficient (Wildman–Crippen LogP) is 3.90. The molecule has 0 aliphatic carbocycles. The van der Waals surface area contributed by atoms with E-state index < -0.39 is 0 Å². The first-order chi connectivity index (χ1) is 8.15. The second-order valence-electron chi connectivity index (χ2n) is 3.83. The highest BCUT2D eigenvalue weighted by Crippen LogP contribution is 2.16. The molecule has 86 valence electrons. The van der Waals surface area contributed by atoms with Gasteiger partial charge in [-0.15, -0.1) is 0 Å². The summed E-state index contributed by atoms with van der Waals surface area (Å²) in [5.41, 5.74) is 2.40. The highest BCUT2D eigenvalue weighted by atomic mass is 35.5. The molecule has 3 heteroatoms. The number of carbonyl (C=O) groups is 1. The van der Waals surface area contributed by atoms with E-state index >= 15 is 0 Å². The van der Waals surface area contributed by atoms with Gasteiger partial charge in [-0.3, -0.25) is 4.79 Å². The lowest BCUT2D eigenvalue weighted by atomic mass is 10.1. The first-order valence-corrected chi connectivity index (χ1v) is 5.66. The van der Waals surface area contributed by atoms with E-state index in [2.05, 4.69) is 5.32 Å². The number of hydrogen-bond donors (Lipinski definition) is 1. The van der Waals surface area contributed by atoms with Crippen LogP contribution in [0.3, 0.4) is 0 Å². The summed E-state index contributed by atoms with van der Waals surface area (Å²) < 4.78 is 0. The van der Waals surface area contributed by atoms with E-state index in [1.165, 1.54) is 0 Å². The van der Waals surface area contributed by atoms with Crippen LogP contribution in [0.1, 0.15) is 15.9 Å². The smallest absolute Gasteiger partial charge is 0.255 e. The molecule has 2 nitrogen and oxygen atoms in total. The number of carbonyl (C=O) groups excluding carboxylic acids is 1. The Hall–Kier alpha value is -1.80. The van der Waals surface area contributed by atoms with Crippen molar-refractivity contribution in [2.24, 2.45) is 0 Å². The van der Waals surface area contributed by atoms with Gasteiger partial charge in [-0.25, -0.2) is 0 Å². The van der Waals surface area contributed by atoms with Gasteiger partial charge in [-0.2, -0.15) is 0 Å². The van der Waals surface area contributed by atoms with Crippen LogP contribution in [-0.2, 0) is 0 Å². The second-order valence-corrected chi connectivity index (χ2v) is 4.27. The number of benzene rings is 2. The lowest BCUT2D eigenvalue weighted by molar-refractivity contribution is 0.102. The number of aryl methyl sites for hydroxylation is 1. The maximum Gasteiger partial charge on any atom is 0.255 e. The number of amides is 1. The highest BCUT2D eigenvalue weighted by Gasteiger charge is 2.05. The highest BCUT2D eigenvalue weighted by molar-refractivity contribution is 6.30. The summed E-state index contributed by atoms with van der Waals surface area (Å²) in [5.74, 6) is -0.129. The van der Waals surface area contributed by atoms with Crippen molar-refractivity contribution in [3.05, 3.63) is 64.7 Å². The normalized spacial score (nSPS) is 10.0. The largest absolute Gasteiger partial charge is 0.322 e. The first kappa shape index (κ1) is 11.7. The van der Waals surface area contributed by atoms with Crippen molar-refractivity contribution in [3.8, 4) is 0 Å². The molecule has 0 bridgehead atoms. The number of nitrogens with one attached hydrogen (secondary N) is 1. The third-order valence-corrected chi connectivity index (χ3v) is 2.60. The molecule has 0 saturated carbocycles. The molecule has 0 aliphatic rings. The van der Waals surface area contributed by atoms with Crippen LogP contribution in [0.5, 0.6) is 0 Å². The van der Waals surface area contributed by atoms with E-state index in [9.17, 15) is 4.79 Å². The fourth-order valence-corrected chi connectivity index (χ4v) is 1.75. The van der Waals surface area contributed by atoms with E-state index in [0.717, 1.165) is 5.56 Å². The summed E-state index contributed by atoms with van der Waals surface area (Å²) >= 11 is 5.85. The Bertz CT molecular complexity index is 551. The molecule has 1 N–H and O–H groups in total. The van der Waals surface area contributed by atoms with E-state index in [4.69, 9.17) is 11.6 Å². The fraction of sp³-hybridized carbons (Fsp3) is 0.0714. The van der Waals surface area contributed by atoms with Crippen LogP contribution in [0.2, 0.25) is 5.02 Å². The van der Waals surface area contributed by atoms with E-state index in [1.54, 1.807) is 30.3 Å². The number of hydrogen-bond acceptors (Lipinski definition) is 1. The Morgan fingerprint density at radius 2 is 1.88 bits per heavy atom. The molecule has 0 spiro atoms. The Morgan fingerprint density at radius 3 is 2.59 bits per heavy atom. The zero-order chi connectivity index (χ0) is 12.3. The van der Waals surface area contributed by atoms with Gasteiger partial charge in [0, 0.05) is 16.3 Å². The van der Waals surface area contributed by atoms with Gasteiger partial charge in [-0.1, -0.05) is 35.4 Å². The van der Waals surface area contributed by atoms with Crippen molar-refractivity contribution < 1.29 is 4.79 Å². The molecular formula is C14H12ClNO. The molecule has 0 saturated heterocycles. The summed E-state index contributed by atoms with van der Waals surface area (Å²) in [6, 6.07) is 14.5. The van der Waals surface area contributed by atoms with Crippen molar-refractivity contribution in [3.63, 3.8) is 0 Å². The molecule has 1 amide bonds. The minimum atomic E-state index is -0.129. The number of halogens is 1. The minimum Gasteiger partial charge on any atom is -0.322 e. The van der Waals surface area contributed by atoms with Gasteiger partial charge in [0.1, 0.15) is 0 Å². The zero-order valence-electron chi connectivity index (χ0n) is 9.41. The molecule has 0 unspecified atom stereocenters. The molecular weight excluding hydrogens is 234 g/mol. The van der Waals surface area contributed by atoms with Crippen LogP contribution in [0, 0.1) is 6.92 Å². The Balaban J connectivity index is 2.17. The van der Waals surface area contributed by atoms with Crippen LogP contribution in [-0.4, -0.2) is 5.91 Å². The van der Waals surface area contributed by atoms with Gasteiger partial charge in [-0.05, 0) is 37.3 Å². The quantitative estimate of drug-likeness (QED) is 0.854. The predicted molar refractivity (Wildman–Crippen MR) is 70.6 cm³/mol. The molecule has 0 heterocycles. The lowest BCUT2D eigenvalue weighted by Crippen LogP contribution is -2.11. The third-order valence-electron chi connectivity index (χ3n) is 2.36. The lowest BCUT2D eigenvalue weighted by Gasteiger charge is -2.06. The van der Waals surface area contributed by atoms with Gasteiger partial charge in [0.25, 0.3) is 5.91 Å². The summed E-state index contributed by atoms with van der Waals surface area (Å²) in [5, 5.41) is 3.41. The Kier molecular flexibility index (Phi) is 3.45. The fourth-order valence-electron chi connectivity index (χ4n) is 1.56. The standard InChI is InChI=1S/C14H12ClNO/c1-10-4-2-5-11(8-10)14(17)16-13-7-3-6-12(15)9-13/h2-9H,1H3,(H,16,17). The van der Waals surface area contributed by atoms with Crippen molar-refractivity contribution in [2.45, 2.75) is 6.92 Å². The minimum absolute atomic E-state index is 0.129. The van der Waals surface area contributed by atoms with Crippen molar-refractivity contribution in [2.75, 3.05) is 5.32 Å². The summed E-state index contributed by atoms with van der Waals surface area (Å²) in [6.45, 7) is 1.95. The Morgan fingerprint density at radius 1 is 1.12 bits per heavy atom. The average molecular weight is 246 g/mol. The number of anilines is 1. The second kappa shape index (κ2) is 5.02. The molecule has 0 fully saturated rings. The van der Waals surface area contributed by atoms with Crippen molar-refractivity contribution >= 4 is 23.2 Å². The maximum atomic E-state index is 11.9. The van der Waals surface area contributed by atoms with E-state index in [1.807, 2.05) is 25.1 Å². The zero-order valence-corrected chi connectivity index (χ0v) is 10.2.